The smallest absolute Gasteiger partial charge is 0.178 e. The molecule has 0 aliphatic carbocycles. The standard InChI is InChI=1S/C14H20N4/c1-3-7-15-11(4-2)10-12-5-6-13-14(18-12)17-9-8-16-13/h5-6,8-9,11,15H,3-4,7,10H2,1-2H3. The van der Waals surface area contributed by atoms with Gasteiger partial charge in [0, 0.05) is 30.6 Å². The fraction of sp³-hybridized carbons (Fsp3) is 0.500. The predicted octanol–water partition coefficient (Wildman–Crippen LogP) is 2.35. The predicted molar refractivity (Wildman–Crippen MR) is 73.4 cm³/mol. The van der Waals surface area contributed by atoms with Crippen LogP contribution in [-0.4, -0.2) is 27.5 Å². The van der Waals surface area contributed by atoms with Gasteiger partial charge in [-0.1, -0.05) is 13.8 Å². The van der Waals surface area contributed by atoms with Gasteiger partial charge in [0.25, 0.3) is 0 Å². The lowest BCUT2D eigenvalue weighted by molar-refractivity contribution is 0.491. The van der Waals surface area contributed by atoms with E-state index in [1.165, 1.54) is 0 Å². The van der Waals surface area contributed by atoms with Gasteiger partial charge in [-0.05, 0) is 31.5 Å². The molecule has 4 nitrogen and oxygen atoms in total. The fourth-order valence-electron chi connectivity index (χ4n) is 1.97. The van der Waals surface area contributed by atoms with Crippen molar-refractivity contribution in [1.29, 1.82) is 0 Å². The molecular weight excluding hydrogens is 224 g/mol. The number of nitrogens with one attached hydrogen (secondary N) is 1. The lowest BCUT2D eigenvalue weighted by atomic mass is 10.1. The van der Waals surface area contributed by atoms with Crippen molar-refractivity contribution in [2.24, 2.45) is 0 Å². The van der Waals surface area contributed by atoms with Crippen LogP contribution in [0.1, 0.15) is 32.4 Å². The number of hydrogen-bond acceptors (Lipinski definition) is 4. The Morgan fingerprint density at radius 1 is 1.17 bits per heavy atom. The third kappa shape index (κ3) is 3.23. The van der Waals surface area contributed by atoms with Crippen LogP contribution in [-0.2, 0) is 6.42 Å². The van der Waals surface area contributed by atoms with Gasteiger partial charge in [0.2, 0.25) is 0 Å². The largest absolute Gasteiger partial charge is 0.314 e. The van der Waals surface area contributed by atoms with Gasteiger partial charge < -0.3 is 5.32 Å². The van der Waals surface area contributed by atoms with E-state index in [1.54, 1.807) is 12.4 Å². The summed E-state index contributed by atoms with van der Waals surface area (Å²) in [6, 6.07) is 4.54. The van der Waals surface area contributed by atoms with Crippen molar-refractivity contribution < 1.29 is 0 Å². The normalized spacial score (nSPS) is 12.8. The number of hydrogen-bond donors (Lipinski definition) is 1. The van der Waals surface area contributed by atoms with E-state index in [4.69, 9.17) is 0 Å². The van der Waals surface area contributed by atoms with Crippen LogP contribution in [0.25, 0.3) is 11.2 Å². The van der Waals surface area contributed by atoms with E-state index in [2.05, 4.69) is 34.1 Å². The van der Waals surface area contributed by atoms with E-state index in [9.17, 15) is 0 Å². The molecular formula is C14H20N4. The molecule has 0 fully saturated rings. The van der Waals surface area contributed by atoms with Crippen LogP contribution in [0.2, 0.25) is 0 Å². The Morgan fingerprint density at radius 3 is 2.78 bits per heavy atom. The topological polar surface area (TPSA) is 50.7 Å². The zero-order valence-corrected chi connectivity index (χ0v) is 11.1. The Morgan fingerprint density at radius 2 is 2.00 bits per heavy atom. The van der Waals surface area contributed by atoms with Gasteiger partial charge >= 0.3 is 0 Å². The van der Waals surface area contributed by atoms with Gasteiger partial charge in [-0.2, -0.15) is 0 Å². The number of pyridine rings is 1. The summed E-state index contributed by atoms with van der Waals surface area (Å²) >= 11 is 0. The van der Waals surface area contributed by atoms with Crippen molar-refractivity contribution in [2.75, 3.05) is 6.54 Å². The van der Waals surface area contributed by atoms with Crippen LogP contribution in [0.3, 0.4) is 0 Å². The van der Waals surface area contributed by atoms with Crippen LogP contribution in [0.4, 0.5) is 0 Å². The first-order valence-electron chi connectivity index (χ1n) is 6.63. The second-order valence-electron chi connectivity index (χ2n) is 4.47. The highest BCUT2D eigenvalue weighted by Gasteiger charge is 2.08. The first kappa shape index (κ1) is 12.9. The summed E-state index contributed by atoms with van der Waals surface area (Å²) in [5, 5.41) is 3.54. The molecule has 1 unspecified atom stereocenters. The Bertz CT molecular complexity index is 498. The summed E-state index contributed by atoms with van der Waals surface area (Å²) in [6.45, 7) is 5.45. The van der Waals surface area contributed by atoms with Crippen molar-refractivity contribution in [2.45, 2.75) is 39.2 Å². The van der Waals surface area contributed by atoms with Gasteiger partial charge in [-0.15, -0.1) is 0 Å². The highest BCUT2D eigenvalue weighted by atomic mass is 14.9. The molecule has 4 heteroatoms. The van der Waals surface area contributed by atoms with Gasteiger partial charge in [0.15, 0.2) is 5.65 Å². The Labute approximate surface area is 108 Å². The first-order valence-corrected chi connectivity index (χ1v) is 6.63. The number of aromatic nitrogens is 3. The number of rotatable bonds is 6. The minimum atomic E-state index is 0.492. The van der Waals surface area contributed by atoms with Crippen LogP contribution in [0, 0.1) is 0 Å². The second kappa shape index (κ2) is 6.40. The Kier molecular flexibility index (Phi) is 4.59. The second-order valence-corrected chi connectivity index (χ2v) is 4.47. The minimum absolute atomic E-state index is 0.492. The summed E-state index contributed by atoms with van der Waals surface area (Å²) in [7, 11) is 0. The van der Waals surface area contributed by atoms with Crippen molar-refractivity contribution in [3.05, 3.63) is 30.2 Å². The molecule has 1 N–H and O–H groups in total. The fourth-order valence-corrected chi connectivity index (χ4v) is 1.97. The van der Waals surface area contributed by atoms with Gasteiger partial charge in [0.05, 0.1) is 0 Å². The molecule has 0 amide bonds. The maximum atomic E-state index is 4.56. The molecule has 96 valence electrons. The van der Waals surface area contributed by atoms with Crippen molar-refractivity contribution >= 4 is 11.2 Å². The maximum Gasteiger partial charge on any atom is 0.178 e. The third-order valence-electron chi connectivity index (χ3n) is 3.02. The Hall–Kier alpha value is -1.55. The summed E-state index contributed by atoms with van der Waals surface area (Å²) < 4.78 is 0. The van der Waals surface area contributed by atoms with Crippen LogP contribution in [0.15, 0.2) is 24.5 Å². The molecule has 0 saturated carbocycles. The molecule has 0 saturated heterocycles. The van der Waals surface area contributed by atoms with Crippen molar-refractivity contribution in [1.82, 2.24) is 20.3 Å². The summed E-state index contributed by atoms with van der Waals surface area (Å²) in [6.07, 6.45) is 6.60. The van der Waals surface area contributed by atoms with Crippen LogP contribution < -0.4 is 5.32 Å². The molecule has 0 radical (unpaired) electrons. The summed E-state index contributed by atoms with van der Waals surface area (Å²) in [4.78, 5) is 13.0. The average Bonchev–Trinajstić information content (AvgIpc) is 2.43. The molecule has 2 heterocycles. The molecule has 0 aliphatic rings. The van der Waals surface area contributed by atoms with E-state index >= 15 is 0 Å². The highest BCUT2D eigenvalue weighted by Crippen LogP contribution is 2.09. The highest BCUT2D eigenvalue weighted by molar-refractivity contribution is 5.68. The van der Waals surface area contributed by atoms with E-state index in [-0.39, 0.29) is 0 Å². The monoisotopic (exact) mass is 244 g/mol. The van der Waals surface area contributed by atoms with E-state index < -0.39 is 0 Å². The van der Waals surface area contributed by atoms with Crippen LogP contribution in [0.5, 0.6) is 0 Å². The van der Waals surface area contributed by atoms with E-state index in [0.717, 1.165) is 42.7 Å². The van der Waals surface area contributed by atoms with Gasteiger partial charge in [-0.3, -0.25) is 4.98 Å². The number of nitrogens with zero attached hydrogens (tertiary/aromatic N) is 3. The SMILES string of the molecule is CCCNC(CC)Cc1ccc2nccnc2n1. The van der Waals surface area contributed by atoms with Crippen LogP contribution >= 0.6 is 0 Å². The van der Waals surface area contributed by atoms with E-state index in [0.29, 0.717) is 6.04 Å². The molecule has 2 rings (SSSR count). The zero-order chi connectivity index (χ0) is 12.8. The van der Waals surface area contributed by atoms with Crippen molar-refractivity contribution in [3.8, 4) is 0 Å². The quantitative estimate of drug-likeness (QED) is 0.847. The molecule has 18 heavy (non-hydrogen) atoms. The molecule has 2 aromatic heterocycles. The lowest BCUT2D eigenvalue weighted by Crippen LogP contribution is -2.31. The summed E-state index contributed by atoms with van der Waals surface area (Å²) in [5.41, 5.74) is 2.68. The first-order chi connectivity index (χ1) is 8.83. The number of fused-ring (bicyclic) bond motifs is 1. The maximum absolute atomic E-state index is 4.56. The minimum Gasteiger partial charge on any atom is -0.314 e. The van der Waals surface area contributed by atoms with Gasteiger partial charge in [0.1, 0.15) is 5.52 Å². The zero-order valence-electron chi connectivity index (χ0n) is 11.1. The van der Waals surface area contributed by atoms with Crippen molar-refractivity contribution in [3.63, 3.8) is 0 Å². The third-order valence-corrected chi connectivity index (χ3v) is 3.02. The molecule has 2 aromatic rings. The van der Waals surface area contributed by atoms with E-state index in [1.807, 2.05) is 12.1 Å². The summed E-state index contributed by atoms with van der Waals surface area (Å²) in [5.74, 6) is 0. The molecule has 0 bridgehead atoms. The lowest BCUT2D eigenvalue weighted by Gasteiger charge is -2.15. The average molecular weight is 244 g/mol. The Balaban J connectivity index is 2.10. The molecule has 1 atom stereocenters. The molecule has 0 aromatic carbocycles. The molecule has 0 spiro atoms. The van der Waals surface area contributed by atoms with Gasteiger partial charge in [-0.25, -0.2) is 9.97 Å². The molecule has 0 aliphatic heterocycles.